The summed E-state index contributed by atoms with van der Waals surface area (Å²) in [5.74, 6) is -1.32. The summed E-state index contributed by atoms with van der Waals surface area (Å²) in [5, 5.41) is 9.75. The van der Waals surface area contributed by atoms with Crippen LogP contribution in [0, 0.1) is 6.92 Å². The summed E-state index contributed by atoms with van der Waals surface area (Å²) in [5.41, 5.74) is 2.33. The van der Waals surface area contributed by atoms with E-state index in [1.807, 2.05) is 25.1 Å². The third-order valence-electron chi connectivity index (χ3n) is 3.09. The molecule has 0 atom stereocenters. The molecule has 0 amide bonds. The van der Waals surface area contributed by atoms with Gasteiger partial charge in [-0.2, -0.15) is 0 Å². The fourth-order valence-corrected chi connectivity index (χ4v) is 2.21. The highest BCUT2D eigenvalue weighted by Gasteiger charge is 2.17. The first kappa shape index (κ1) is 14.1. The number of benzene rings is 1. The van der Waals surface area contributed by atoms with Crippen LogP contribution in [0.1, 0.15) is 29.4 Å². The number of rotatable bonds is 5. The molecule has 2 rings (SSSR count). The molecule has 0 spiro atoms. The molecule has 1 N–H and O–H groups in total. The van der Waals surface area contributed by atoms with Crippen molar-refractivity contribution in [2.45, 2.75) is 26.8 Å². The molecule has 5 nitrogen and oxygen atoms in total. The summed E-state index contributed by atoms with van der Waals surface area (Å²) < 4.78 is 6.74. The summed E-state index contributed by atoms with van der Waals surface area (Å²) in [6, 6.07) is 7.56. The van der Waals surface area contributed by atoms with Gasteiger partial charge >= 0.3 is 11.9 Å². The largest absolute Gasteiger partial charge is 0.481 e. The van der Waals surface area contributed by atoms with Gasteiger partial charge in [0.1, 0.15) is 5.69 Å². The number of carboxylic acids is 1. The highest BCUT2D eigenvalue weighted by atomic mass is 16.5. The molecule has 1 aromatic heterocycles. The van der Waals surface area contributed by atoms with E-state index in [1.165, 1.54) is 0 Å². The fourth-order valence-electron chi connectivity index (χ4n) is 2.21. The molecule has 0 saturated heterocycles. The molecule has 1 aromatic carbocycles. The van der Waals surface area contributed by atoms with Crippen LogP contribution < -0.4 is 0 Å². The summed E-state index contributed by atoms with van der Waals surface area (Å²) in [6.45, 7) is 4.25. The normalized spacial score (nSPS) is 10.7. The van der Waals surface area contributed by atoms with Crippen LogP contribution in [0.3, 0.4) is 0 Å². The summed E-state index contributed by atoms with van der Waals surface area (Å²) >= 11 is 0. The summed E-state index contributed by atoms with van der Waals surface area (Å²) in [6.07, 6.45) is -0.0376. The smallest absolute Gasteiger partial charge is 0.354 e. The van der Waals surface area contributed by atoms with Crippen molar-refractivity contribution in [1.82, 2.24) is 4.57 Å². The van der Waals surface area contributed by atoms with Gasteiger partial charge in [0.2, 0.25) is 0 Å². The lowest BCUT2D eigenvalue weighted by Gasteiger charge is -2.08. The van der Waals surface area contributed by atoms with Crippen LogP contribution >= 0.6 is 0 Å². The summed E-state index contributed by atoms with van der Waals surface area (Å²) in [4.78, 5) is 22.7. The Morgan fingerprint density at radius 3 is 2.70 bits per heavy atom. The number of hydrogen-bond donors (Lipinski definition) is 1. The van der Waals surface area contributed by atoms with Crippen molar-refractivity contribution in [3.05, 3.63) is 35.5 Å². The van der Waals surface area contributed by atoms with Crippen molar-refractivity contribution in [3.63, 3.8) is 0 Å². The maximum absolute atomic E-state index is 12.0. The topological polar surface area (TPSA) is 68.5 Å². The lowest BCUT2D eigenvalue weighted by molar-refractivity contribution is -0.137. The second-order valence-electron chi connectivity index (χ2n) is 4.61. The Morgan fingerprint density at radius 1 is 1.30 bits per heavy atom. The Kier molecular flexibility index (Phi) is 4.08. The molecule has 0 saturated carbocycles. The number of aliphatic carboxylic acids is 1. The number of ether oxygens (including phenoxy) is 1. The minimum Gasteiger partial charge on any atom is -0.481 e. The molecular formula is C15H17NO4. The molecule has 20 heavy (non-hydrogen) atoms. The minimum atomic E-state index is -0.895. The lowest BCUT2D eigenvalue weighted by Crippen LogP contribution is -2.14. The van der Waals surface area contributed by atoms with Crippen molar-refractivity contribution in [3.8, 4) is 0 Å². The number of fused-ring (bicyclic) bond motifs is 1. The van der Waals surface area contributed by atoms with E-state index in [-0.39, 0.29) is 19.6 Å². The molecule has 5 heteroatoms. The first-order valence-corrected chi connectivity index (χ1v) is 6.51. The predicted molar refractivity (Wildman–Crippen MR) is 74.9 cm³/mol. The van der Waals surface area contributed by atoms with E-state index in [4.69, 9.17) is 9.84 Å². The van der Waals surface area contributed by atoms with E-state index < -0.39 is 11.9 Å². The van der Waals surface area contributed by atoms with Gasteiger partial charge in [0, 0.05) is 17.4 Å². The van der Waals surface area contributed by atoms with Gasteiger partial charge in [-0.1, -0.05) is 11.6 Å². The average Bonchev–Trinajstić information content (AvgIpc) is 2.74. The standard InChI is InChI=1S/C15H17NO4/c1-3-20-15(19)13-9-11-8-10(2)4-5-12(11)16(13)7-6-14(17)18/h4-5,8-9H,3,6-7H2,1-2H3,(H,17,18). The Hall–Kier alpha value is -2.30. The Bertz CT molecular complexity index is 657. The second kappa shape index (κ2) is 5.77. The number of esters is 1. The third kappa shape index (κ3) is 2.82. The quantitative estimate of drug-likeness (QED) is 0.852. The number of aromatic nitrogens is 1. The highest BCUT2D eigenvalue weighted by molar-refractivity contribution is 5.96. The molecule has 0 radical (unpaired) electrons. The second-order valence-corrected chi connectivity index (χ2v) is 4.61. The van der Waals surface area contributed by atoms with Crippen LogP contribution in [0.25, 0.3) is 10.9 Å². The van der Waals surface area contributed by atoms with E-state index in [9.17, 15) is 9.59 Å². The number of aryl methyl sites for hydroxylation is 2. The van der Waals surface area contributed by atoms with Gasteiger partial charge in [-0.05, 0) is 32.0 Å². The van der Waals surface area contributed by atoms with Crippen molar-refractivity contribution in [2.24, 2.45) is 0 Å². The zero-order chi connectivity index (χ0) is 14.7. The molecule has 0 aliphatic heterocycles. The van der Waals surface area contributed by atoms with Gasteiger partial charge in [0.05, 0.1) is 13.0 Å². The van der Waals surface area contributed by atoms with E-state index in [1.54, 1.807) is 17.6 Å². The van der Waals surface area contributed by atoms with Crippen LogP contribution in [-0.2, 0) is 16.1 Å². The maximum Gasteiger partial charge on any atom is 0.354 e. The van der Waals surface area contributed by atoms with Crippen molar-refractivity contribution in [1.29, 1.82) is 0 Å². The van der Waals surface area contributed by atoms with Gasteiger partial charge in [-0.3, -0.25) is 4.79 Å². The Labute approximate surface area is 116 Å². The molecular weight excluding hydrogens is 258 g/mol. The van der Waals surface area contributed by atoms with Gasteiger partial charge in [-0.25, -0.2) is 4.79 Å². The third-order valence-corrected chi connectivity index (χ3v) is 3.09. The molecule has 0 bridgehead atoms. The van der Waals surface area contributed by atoms with Crippen LogP contribution in [0.4, 0.5) is 0 Å². The van der Waals surface area contributed by atoms with Crippen LogP contribution in [0.5, 0.6) is 0 Å². The Morgan fingerprint density at radius 2 is 2.05 bits per heavy atom. The molecule has 0 aliphatic carbocycles. The minimum absolute atomic E-state index is 0.0376. The predicted octanol–water partition coefficient (Wildman–Crippen LogP) is 2.60. The lowest BCUT2D eigenvalue weighted by atomic mass is 10.2. The maximum atomic E-state index is 12.0. The fraction of sp³-hybridized carbons (Fsp3) is 0.333. The zero-order valence-electron chi connectivity index (χ0n) is 11.5. The monoisotopic (exact) mass is 275 g/mol. The average molecular weight is 275 g/mol. The Balaban J connectivity index is 2.50. The first-order valence-electron chi connectivity index (χ1n) is 6.51. The number of nitrogens with zero attached hydrogens (tertiary/aromatic N) is 1. The zero-order valence-corrected chi connectivity index (χ0v) is 11.5. The van der Waals surface area contributed by atoms with E-state index in [2.05, 4.69) is 0 Å². The van der Waals surface area contributed by atoms with Gasteiger partial charge in [0.15, 0.2) is 0 Å². The summed E-state index contributed by atoms with van der Waals surface area (Å²) in [7, 11) is 0. The number of carbonyl (C=O) groups excluding carboxylic acids is 1. The van der Waals surface area contributed by atoms with Crippen molar-refractivity contribution < 1.29 is 19.4 Å². The van der Waals surface area contributed by atoms with E-state index in [0.717, 1.165) is 16.5 Å². The van der Waals surface area contributed by atoms with Crippen LogP contribution in [0.2, 0.25) is 0 Å². The first-order chi connectivity index (χ1) is 9.52. The molecule has 0 fully saturated rings. The molecule has 1 heterocycles. The van der Waals surface area contributed by atoms with Gasteiger partial charge < -0.3 is 14.4 Å². The van der Waals surface area contributed by atoms with E-state index in [0.29, 0.717) is 5.69 Å². The van der Waals surface area contributed by atoms with E-state index >= 15 is 0 Å². The van der Waals surface area contributed by atoms with Crippen molar-refractivity contribution >= 4 is 22.8 Å². The van der Waals surface area contributed by atoms with Gasteiger partial charge in [0.25, 0.3) is 0 Å². The molecule has 2 aromatic rings. The number of carbonyl (C=O) groups is 2. The van der Waals surface area contributed by atoms with Gasteiger partial charge in [-0.15, -0.1) is 0 Å². The molecule has 0 aliphatic rings. The van der Waals surface area contributed by atoms with Crippen LogP contribution in [0.15, 0.2) is 24.3 Å². The molecule has 106 valence electrons. The molecule has 0 unspecified atom stereocenters. The SMILES string of the molecule is CCOC(=O)c1cc2cc(C)ccc2n1CCC(=O)O. The number of hydrogen-bond acceptors (Lipinski definition) is 3. The van der Waals surface area contributed by atoms with Crippen LogP contribution in [-0.4, -0.2) is 28.2 Å². The highest BCUT2D eigenvalue weighted by Crippen LogP contribution is 2.22. The van der Waals surface area contributed by atoms with Crippen molar-refractivity contribution in [2.75, 3.05) is 6.61 Å². The number of carboxylic acid groups (broad SMARTS) is 1.